The smallest absolute Gasteiger partial charge is 0.171 e. The topological polar surface area (TPSA) is 34.1 Å². The Morgan fingerprint density at radius 2 is 2.14 bits per heavy atom. The van der Waals surface area contributed by atoms with E-state index in [2.05, 4.69) is 0 Å². The van der Waals surface area contributed by atoms with E-state index in [0.717, 1.165) is 0 Å². The maximum Gasteiger partial charge on any atom is 0.171 e. The molecule has 1 atom stereocenters. The van der Waals surface area contributed by atoms with Gasteiger partial charge in [-0.15, -0.1) is 11.3 Å². The quantitative estimate of drug-likeness (QED) is 0.773. The number of hydrogen-bond donors (Lipinski definition) is 0. The van der Waals surface area contributed by atoms with Crippen molar-refractivity contribution < 1.29 is 9.00 Å². The lowest BCUT2D eigenvalue weighted by atomic mass is 10.3. The van der Waals surface area contributed by atoms with Gasteiger partial charge in [0.2, 0.25) is 0 Å². The maximum absolute atomic E-state index is 11.7. The van der Waals surface area contributed by atoms with E-state index in [0.29, 0.717) is 14.8 Å². The Kier molecular flexibility index (Phi) is 3.86. The molecule has 1 aromatic heterocycles. The maximum atomic E-state index is 11.7. The average Bonchev–Trinajstić information content (AvgIpc) is 2.45. The van der Waals surface area contributed by atoms with E-state index in [-0.39, 0.29) is 11.0 Å². The van der Waals surface area contributed by atoms with Crippen LogP contribution in [0.4, 0.5) is 0 Å². The minimum atomic E-state index is -1.12. The van der Waals surface area contributed by atoms with Gasteiger partial charge in [-0.05, 0) is 0 Å². The molecule has 78 valence electrons. The third-order valence-electron chi connectivity index (χ3n) is 1.66. The molecule has 5 heteroatoms. The van der Waals surface area contributed by atoms with E-state index in [9.17, 15) is 9.00 Å². The number of thiophene rings is 1. The van der Waals surface area contributed by atoms with Crippen molar-refractivity contribution in [3.05, 3.63) is 15.3 Å². The summed E-state index contributed by atoms with van der Waals surface area (Å²) in [6.45, 7) is 5.18. The number of halogens is 1. The summed E-state index contributed by atoms with van der Waals surface area (Å²) in [4.78, 5) is 12.2. The van der Waals surface area contributed by atoms with Gasteiger partial charge in [-0.25, -0.2) is 0 Å². The molecule has 0 aliphatic heterocycles. The molecule has 1 unspecified atom stereocenters. The second-order valence-electron chi connectivity index (χ2n) is 3.15. The van der Waals surface area contributed by atoms with Crippen molar-refractivity contribution in [2.45, 2.75) is 30.9 Å². The fourth-order valence-electron chi connectivity index (χ4n) is 0.955. The van der Waals surface area contributed by atoms with Crippen LogP contribution in [-0.4, -0.2) is 15.2 Å². The first kappa shape index (κ1) is 11.9. The highest BCUT2D eigenvalue weighted by molar-refractivity contribution is 7.86. The zero-order valence-corrected chi connectivity index (χ0v) is 10.6. The third kappa shape index (κ3) is 2.24. The highest BCUT2D eigenvalue weighted by Gasteiger charge is 2.19. The van der Waals surface area contributed by atoms with Gasteiger partial charge in [0.25, 0.3) is 0 Å². The lowest BCUT2D eigenvalue weighted by Gasteiger charge is -2.03. The summed E-state index contributed by atoms with van der Waals surface area (Å²) in [5.74, 6) is -0.0768. The molecule has 0 saturated heterocycles. The Labute approximate surface area is 94.7 Å². The lowest BCUT2D eigenvalue weighted by Crippen LogP contribution is -2.05. The molecule has 2 nitrogen and oxygen atoms in total. The summed E-state index contributed by atoms with van der Waals surface area (Å²) in [6, 6.07) is 0. The van der Waals surface area contributed by atoms with Crippen LogP contribution in [-0.2, 0) is 10.8 Å². The van der Waals surface area contributed by atoms with E-state index in [1.54, 1.807) is 5.38 Å². The summed E-state index contributed by atoms with van der Waals surface area (Å²) in [5, 5.41) is 2.08. The van der Waals surface area contributed by atoms with E-state index in [4.69, 9.17) is 11.6 Å². The number of rotatable bonds is 3. The molecule has 0 aromatic carbocycles. The first-order chi connectivity index (χ1) is 6.45. The Morgan fingerprint density at radius 3 is 2.50 bits per heavy atom. The van der Waals surface area contributed by atoms with Gasteiger partial charge in [0, 0.05) is 17.6 Å². The molecule has 1 aromatic rings. The van der Waals surface area contributed by atoms with Crippen molar-refractivity contribution in [3.8, 4) is 0 Å². The predicted octanol–water partition coefficient (Wildman–Crippen LogP) is 3.12. The molecule has 0 N–H and O–H groups in total. The van der Waals surface area contributed by atoms with Crippen LogP contribution in [0, 0.1) is 0 Å². The minimum Gasteiger partial charge on any atom is -0.294 e. The van der Waals surface area contributed by atoms with Gasteiger partial charge >= 0.3 is 0 Å². The number of carbonyl (C=O) groups is 1. The predicted molar refractivity (Wildman–Crippen MR) is 60.9 cm³/mol. The Hall–Kier alpha value is -0.190. The molecule has 0 aliphatic rings. The standard InChI is InChI=1S/C9H11ClO2S2/c1-5(2)14(12)7-4-13-9(6(3)11)8(7)10/h4-5H,1-3H3. The second-order valence-corrected chi connectivity index (χ2v) is 6.38. The third-order valence-corrected chi connectivity index (χ3v) is 5.12. The number of ketones is 1. The van der Waals surface area contributed by atoms with E-state index >= 15 is 0 Å². The molecule has 1 rings (SSSR count). The van der Waals surface area contributed by atoms with Crippen molar-refractivity contribution in [2.24, 2.45) is 0 Å². The van der Waals surface area contributed by atoms with Crippen molar-refractivity contribution in [3.63, 3.8) is 0 Å². The molecule has 0 bridgehead atoms. The molecule has 0 saturated carbocycles. The second kappa shape index (κ2) is 4.55. The van der Waals surface area contributed by atoms with Crippen molar-refractivity contribution in [1.82, 2.24) is 0 Å². The summed E-state index contributed by atoms with van der Waals surface area (Å²) >= 11 is 7.21. The minimum absolute atomic E-state index is 0.0157. The number of Topliss-reactive ketones (excluding diaryl/α,β-unsaturated/α-hetero) is 1. The first-order valence-electron chi connectivity index (χ1n) is 4.13. The van der Waals surface area contributed by atoms with Crippen LogP contribution in [0.2, 0.25) is 5.02 Å². The van der Waals surface area contributed by atoms with Crippen LogP contribution in [0.15, 0.2) is 10.3 Å². The molecule has 0 fully saturated rings. The Balaban J connectivity index is 3.13. The van der Waals surface area contributed by atoms with Crippen LogP contribution in [0.25, 0.3) is 0 Å². The summed E-state index contributed by atoms with van der Waals surface area (Å²) in [6.07, 6.45) is 0. The van der Waals surface area contributed by atoms with Gasteiger partial charge in [0.15, 0.2) is 5.78 Å². The molecule has 0 spiro atoms. The fourth-order valence-corrected chi connectivity index (χ4v) is 3.67. The van der Waals surface area contributed by atoms with Crippen molar-refractivity contribution >= 4 is 39.5 Å². The molecule has 14 heavy (non-hydrogen) atoms. The SMILES string of the molecule is CC(=O)c1scc(S(=O)C(C)C)c1Cl. The molecular weight excluding hydrogens is 240 g/mol. The zero-order valence-electron chi connectivity index (χ0n) is 8.17. The summed E-state index contributed by atoms with van der Waals surface area (Å²) in [7, 11) is -1.12. The highest BCUT2D eigenvalue weighted by atomic mass is 35.5. The van der Waals surface area contributed by atoms with Gasteiger partial charge < -0.3 is 0 Å². The molecule has 0 radical (unpaired) electrons. The molecule has 0 aliphatic carbocycles. The van der Waals surface area contributed by atoms with E-state index < -0.39 is 10.8 Å². The molecule has 0 amide bonds. The summed E-state index contributed by atoms with van der Waals surface area (Å²) < 4.78 is 11.7. The van der Waals surface area contributed by atoms with Crippen LogP contribution in [0.5, 0.6) is 0 Å². The van der Waals surface area contributed by atoms with E-state index in [1.807, 2.05) is 13.8 Å². The summed E-state index contributed by atoms with van der Waals surface area (Å²) in [5.41, 5.74) is 0. The molecular formula is C9H11ClO2S2. The first-order valence-corrected chi connectivity index (χ1v) is 6.60. The van der Waals surface area contributed by atoms with Crippen molar-refractivity contribution in [2.75, 3.05) is 0 Å². The Bertz CT molecular complexity index is 382. The van der Waals surface area contributed by atoms with Crippen LogP contribution < -0.4 is 0 Å². The monoisotopic (exact) mass is 250 g/mol. The van der Waals surface area contributed by atoms with Crippen molar-refractivity contribution in [1.29, 1.82) is 0 Å². The van der Waals surface area contributed by atoms with Gasteiger partial charge in [-0.1, -0.05) is 25.4 Å². The Morgan fingerprint density at radius 1 is 1.57 bits per heavy atom. The number of hydrogen-bond acceptors (Lipinski definition) is 3. The highest BCUT2D eigenvalue weighted by Crippen LogP contribution is 2.31. The average molecular weight is 251 g/mol. The normalized spacial score (nSPS) is 13.2. The van der Waals surface area contributed by atoms with Gasteiger partial charge in [0.05, 0.1) is 25.6 Å². The number of carbonyl (C=O) groups excluding carboxylic acids is 1. The van der Waals surface area contributed by atoms with Crippen LogP contribution >= 0.6 is 22.9 Å². The van der Waals surface area contributed by atoms with Gasteiger partial charge in [-0.3, -0.25) is 9.00 Å². The largest absolute Gasteiger partial charge is 0.294 e. The van der Waals surface area contributed by atoms with Crippen LogP contribution in [0.1, 0.15) is 30.4 Å². The van der Waals surface area contributed by atoms with E-state index in [1.165, 1.54) is 18.3 Å². The van der Waals surface area contributed by atoms with Gasteiger partial charge in [-0.2, -0.15) is 0 Å². The van der Waals surface area contributed by atoms with Crippen LogP contribution in [0.3, 0.4) is 0 Å². The fraction of sp³-hybridized carbons (Fsp3) is 0.444. The van der Waals surface area contributed by atoms with Gasteiger partial charge in [0.1, 0.15) is 0 Å². The lowest BCUT2D eigenvalue weighted by molar-refractivity contribution is 0.102. The molecule has 1 heterocycles. The zero-order chi connectivity index (χ0) is 10.9.